The summed E-state index contributed by atoms with van der Waals surface area (Å²) in [6, 6.07) is 5.12. The molecule has 0 amide bonds. The normalized spacial score (nSPS) is 11.3. The van der Waals surface area contributed by atoms with Crippen LogP contribution in [0.3, 0.4) is 0 Å². The van der Waals surface area contributed by atoms with Crippen LogP contribution in [0.5, 0.6) is 5.75 Å². The molecule has 0 fully saturated rings. The third kappa shape index (κ3) is 2.78. The summed E-state index contributed by atoms with van der Waals surface area (Å²) >= 11 is 1.15. The summed E-state index contributed by atoms with van der Waals surface area (Å²) in [5, 5.41) is 1.71. The number of ether oxygens (including phenoxy) is 1. The summed E-state index contributed by atoms with van der Waals surface area (Å²) in [7, 11) is -2.16. The van der Waals surface area contributed by atoms with Crippen molar-refractivity contribution in [3.8, 4) is 5.75 Å². The largest absolute Gasteiger partial charge is 0.494 e. The van der Waals surface area contributed by atoms with Crippen LogP contribution in [-0.4, -0.2) is 27.1 Å². The van der Waals surface area contributed by atoms with Crippen LogP contribution in [0, 0.1) is 0 Å². The number of methoxy groups -OCH3 is 1. The second-order valence-electron chi connectivity index (χ2n) is 4.06. The van der Waals surface area contributed by atoms with E-state index in [2.05, 4.69) is 4.98 Å². The molecule has 2 aromatic rings. The highest BCUT2D eigenvalue weighted by Crippen LogP contribution is 2.34. The summed E-state index contributed by atoms with van der Waals surface area (Å²) in [5.41, 5.74) is 0.560. The number of aromatic nitrogens is 1. The maximum Gasteiger partial charge on any atom is 0.277 e. The number of anilines is 1. The predicted molar refractivity (Wildman–Crippen MR) is 79.9 cm³/mol. The highest BCUT2D eigenvalue weighted by molar-refractivity contribution is 7.94. The fraction of sp³-hybridized carbons (Fsp3) is 0.308. The number of nitrogens with zero attached hydrogens (tertiary/aromatic N) is 2. The highest BCUT2D eigenvalue weighted by Gasteiger charge is 2.29. The first-order valence-corrected chi connectivity index (χ1v) is 8.47. The van der Waals surface area contributed by atoms with E-state index >= 15 is 0 Å². The van der Waals surface area contributed by atoms with Crippen LogP contribution in [0.15, 0.2) is 40.2 Å². The van der Waals surface area contributed by atoms with Crippen molar-refractivity contribution in [1.82, 2.24) is 4.98 Å². The van der Waals surface area contributed by atoms with E-state index in [1.165, 1.54) is 11.4 Å². The molecule has 2 aromatic heterocycles. The molecule has 0 unspecified atom stereocenters. The van der Waals surface area contributed by atoms with E-state index in [9.17, 15) is 8.42 Å². The number of hydrogen-bond acceptors (Lipinski definition) is 5. The van der Waals surface area contributed by atoms with Crippen molar-refractivity contribution in [2.75, 3.05) is 18.0 Å². The van der Waals surface area contributed by atoms with Gasteiger partial charge in [-0.05, 0) is 30.0 Å². The highest BCUT2D eigenvalue weighted by atomic mass is 32.2. The Balaban J connectivity index is 2.48. The van der Waals surface area contributed by atoms with Gasteiger partial charge in [0.25, 0.3) is 10.0 Å². The molecule has 108 valence electrons. The maximum atomic E-state index is 12.8. The first kappa shape index (κ1) is 14.8. The summed E-state index contributed by atoms with van der Waals surface area (Å²) in [6.45, 7) is 2.33. The standard InChI is InChI=1S/C13H16N2O3S2/c1-3-8-15(11-5-4-7-14-10-11)20(16,17)13-12(18-2)6-9-19-13/h4-7,9-10H,3,8H2,1-2H3. The molecule has 0 bridgehead atoms. The Morgan fingerprint density at radius 2 is 2.20 bits per heavy atom. The van der Waals surface area contributed by atoms with Crippen molar-refractivity contribution in [1.29, 1.82) is 0 Å². The van der Waals surface area contributed by atoms with Gasteiger partial charge in [-0.25, -0.2) is 8.42 Å². The molecule has 5 nitrogen and oxygen atoms in total. The van der Waals surface area contributed by atoms with E-state index in [1.54, 1.807) is 36.0 Å². The lowest BCUT2D eigenvalue weighted by Crippen LogP contribution is -2.31. The quantitative estimate of drug-likeness (QED) is 0.823. The van der Waals surface area contributed by atoms with Gasteiger partial charge in [0.05, 0.1) is 19.0 Å². The van der Waals surface area contributed by atoms with Crippen LogP contribution >= 0.6 is 11.3 Å². The van der Waals surface area contributed by atoms with E-state index in [-0.39, 0.29) is 4.21 Å². The van der Waals surface area contributed by atoms with Crippen molar-refractivity contribution in [3.05, 3.63) is 36.0 Å². The minimum Gasteiger partial charge on any atom is -0.494 e. The molecule has 0 aliphatic carbocycles. The Morgan fingerprint density at radius 3 is 2.80 bits per heavy atom. The number of pyridine rings is 1. The third-order valence-electron chi connectivity index (χ3n) is 2.70. The van der Waals surface area contributed by atoms with E-state index in [0.717, 1.165) is 11.3 Å². The van der Waals surface area contributed by atoms with Crippen LogP contribution in [-0.2, 0) is 10.0 Å². The van der Waals surface area contributed by atoms with Crippen molar-refractivity contribution >= 4 is 27.0 Å². The van der Waals surface area contributed by atoms with Crippen LogP contribution in [0.1, 0.15) is 13.3 Å². The van der Waals surface area contributed by atoms with E-state index in [4.69, 9.17) is 4.74 Å². The van der Waals surface area contributed by atoms with Gasteiger partial charge in [0, 0.05) is 12.7 Å². The Labute approximate surface area is 122 Å². The fourth-order valence-corrected chi connectivity index (χ4v) is 4.74. The Bertz CT molecular complexity index is 653. The van der Waals surface area contributed by atoms with Gasteiger partial charge >= 0.3 is 0 Å². The SMILES string of the molecule is CCCN(c1cccnc1)S(=O)(=O)c1sccc1OC. The molecular formula is C13H16N2O3S2. The summed E-state index contributed by atoms with van der Waals surface area (Å²) in [4.78, 5) is 3.99. The Hall–Kier alpha value is -1.60. The van der Waals surface area contributed by atoms with Gasteiger partial charge in [-0.2, -0.15) is 0 Å². The molecule has 0 aliphatic rings. The van der Waals surface area contributed by atoms with Gasteiger partial charge < -0.3 is 4.74 Å². The molecular weight excluding hydrogens is 296 g/mol. The molecule has 0 saturated carbocycles. The zero-order valence-corrected chi connectivity index (χ0v) is 12.9. The Morgan fingerprint density at radius 1 is 1.40 bits per heavy atom. The van der Waals surface area contributed by atoms with Gasteiger partial charge in [0.1, 0.15) is 5.75 Å². The topological polar surface area (TPSA) is 59.5 Å². The van der Waals surface area contributed by atoms with Crippen LogP contribution < -0.4 is 9.04 Å². The van der Waals surface area contributed by atoms with Crippen molar-refractivity contribution in [2.45, 2.75) is 17.6 Å². The van der Waals surface area contributed by atoms with Crippen molar-refractivity contribution < 1.29 is 13.2 Å². The molecule has 2 rings (SSSR count). The van der Waals surface area contributed by atoms with Gasteiger partial charge in [-0.15, -0.1) is 11.3 Å². The second-order valence-corrected chi connectivity index (χ2v) is 7.04. The van der Waals surface area contributed by atoms with Gasteiger partial charge in [0.15, 0.2) is 4.21 Å². The Kier molecular flexibility index (Phi) is 4.61. The fourth-order valence-electron chi connectivity index (χ4n) is 1.82. The van der Waals surface area contributed by atoms with Crippen molar-refractivity contribution in [2.24, 2.45) is 0 Å². The number of thiophene rings is 1. The molecule has 0 atom stereocenters. The molecule has 0 spiro atoms. The van der Waals surface area contributed by atoms with Crippen LogP contribution in [0.2, 0.25) is 0 Å². The summed E-state index contributed by atoms with van der Waals surface area (Å²) < 4.78 is 32.3. The molecule has 0 aliphatic heterocycles. The number of hydrogen-bond donors (Lipinski definition) is 0. The monoisotopic (exact) mass is 312 g/mol. The van der Waals surface area contributed by atoms with Gasteiger partial charge in [0.2, 0.25) is 0 Å². The van der Waals surface area contributed by atoms with E-state index in [1.807, 2.05) is 6.92 Å². The molecule has 7 heteroatoms. The predicted octanol–water partition coefficient (Wildman–Crippen LogP) is 2.76. The lowest BCUT2D eigenvalue weighted by atomic mass is 10.4. The van der Waals surface area contributed by atoms with E-state index < -0.39 is 10.0 Å². The summed E-state index contributed by atoms with van der Waals surface area (Å²) in [6.07, 6.45) is 3.88. The molecule has 0 radical (unpaired) electrons. The average Bonchev–Trinajstić information content (AvgIpc) is 2.94. The minimum absolute atomic E-state index is 0.220. The smallest absolute Gasteiger partial charge is 0.277 e. The third-order valence-corrected chi connectivity index (χ3v) is 5.95. The summed E-state index contributed by atoms with van der Waals surface area (Å²) in [5.74, 6) is 0.375. The van der Waals surface area contributed by atoms with Gasteiger partial charge in [-0.3, -0.25) is 9.29 Å². The average molecular weight is 312 g/mol. The zero-order valence-electron chi connectivity index (χ0n) is 11.3. The zero-order chi connectivity index (χ0) is 14.6. The molecule has 0 aromatic carbocycles. The van der Waals surface area contributed by atoms with Gasteiger partial charge in [-0.1, -0.05) is 6.92 Å². The second kappa shape index (κ2) is 6.23. The lowest BCUT2D eigenvalue weighted by molar-refractivity contribution is 0.406. The molecule has 2 heterocycles. The van der Waals surface area contributed by atoms with E-state index in [0.29, 0.717) is 24.4 Å². The van der Waals surface area contributed by atoms with Crippen LogP contribution in [0.4, 0.5) is 5.69 Å². The lowest BCUT2D eigenvalue weighted by Gasteiger charge is -2.23. The molecule has 0 N–H and O–H groups in total. The number of sulfonamides is 1. The molecule has 20 heavy (non-hydrogen) atoms. The number of rotatable bonds is 6. The van der Waals surface area contributed by atoms with Crippen LogP contribution in [0.25, 0.3) is 0 Å². The minimum atomic E-state index is -3.63. The first-order chi connectivity index (χ1) is 9.61. The first-order valence-electron chi connectivity index (χ1n) is 6.15. The molecule has 0 saturated heterocycles. The van der Waals surface area contributed by atoms with Crippen molar-refractivity contribution in [3.63, 3.8) is 0 Å². The maximum absolute atomic E-state index is 12.8.